The number of hydrogen-bond donors (Lipinski definition) is 0. The topological polar surface area (TPSA) is 43.4 Å². The highest BCUT2D eigenvalue weighted by atomic mass is 19.1. The fourth-order valence-corrected chi connectivity index (χ4v) is 2.60. The number of carbonyl (C=O) groups excluding carboxylic acids is 2. The molecule has 0 aliphatic carbocycles. The molecule has 0 N–H and O–H groups in total. The first-order chi connectivity index (χ1) is 12.6. The fourth-order valence-electron chi connectivity index (χ4n) is 2.60. The number of hydrogen-bond acceptors (Lipinski definition) is 3. The molecule has 1 atom stereocenters. The van der Waals surface area contributed by atoms with Gasteiger partial charge in [0, 0.05) is 5.56 Å². The molecule has 0 bridgehead atoms. The van der Waals surface area contributed by atoms with E-state index in [-0.39, 0.29) is 0 Å². The van der Waals surface area contributed by atoms with Gasteiger partial charge in [-0.3, -0.25) is 4.79 Å². The van der Waals surface area contributed by atoms with E-state index < -0.39 is 23.7 Å². The molecule has 0 spiro atoms. The lowest BCUT2D eigenvalue weighted by molar-refractivity contribution is -0.139. The minimum atomic E-state index is -0.762. The van der Waals surface area contributed by atoms with Crippen LogP contribution in [0.25, 0.3) is 11.1 Å². The molecular weight excluding hydrogens is 331 g/mol. The SMILES string of the molecule is C[C@H](C(=O)OC(=O)c1ccccc1)c1ccc(-c2ccccc2)c(F)c1. The number of carbonyl (C=O) groups is 2. The van der Waals surface area contributed by atoms with Gasteiger partial charge in [-0.05, 0) is 36.2 Å². The summed E-state index contributed by atoms with van der Waals surface area (Å²) in [5.74, 6) is -2.63. The van der Waals surface area contributed by atoms with Crippen molar-refractivity contribution in [3.8, 4) is 11.1 Å². The van der Waals surface area contributed by atoms with Crippen molar-refractivity contribution >= 4 is 11.9 Å². The summed E-state index contributed by atoms with van der Waals surface area (Å²) < 4.78 is 19.4. The maximum Gasteiger partial charge on any atom is 0.345 e. The molecule has 0 saturated carbocycles. The Labute approximate surface area is 151 Å². The Hall–Kier alpha value is -3.27. The molecule has 0 fully saturated rings. The summed E-state index contributed by atoms with van der Waals surface area (Å²) in [5, 5.41) is 0. The van der Waals surface area contributed by atoms with Crippen molar-refractivity contribution in [3.63, 3.8) is 0 Å². The minimum Gasteiger partial charge on any atom is -0.389 e. The number of esters is 2. The molecule has 0 amide bonds. The standard InChI is InChI=1S/C22H17FO3/c1-15(21(24)26-22(25)17-10-6-3-7-11-17)18-12-13-19(20(23)14-18)16-8-4-2-5-9-16/h2-15H,1H3/t15-/m0/s1. The quantitative estimate of drug-likeness (QED) is 0.493. The lowest BCUT2D eigenvalue weighted by Crippen LogP contribution is -2.18. The minimum absolute atomic E-state index is 0.290. The zero-order chi connectivity index (χ0) is 18.5. The van der Waals surface area contributed by atoms with E-state index in [1.54, 1.807) is 49.4 Å². The molecule has 130 valence electrons. The molecule has 0 saturated heterocycles. The van der Waals surface area contributed by atoms with Crippen LogP contribution in [-0.4, -0.2) is 11.9 Å². The Morgan fingerprint density at radius 1 is 0.885 bits per heavy atom. The summed E-state index contributed by atoms with van der Waals surface area (Å²) in [4.78, 5) is 24.2. The smallest absolute Gasteiger partial charge is 0.345 e. The summed E-state index contributed by atoms with van der Waals surface area (Å²) in [6.07, 6.45) is 0. The molecule has 0 aliphatic rings. The zero-order valence-corrected chi connectivity index (χ0v) is 14.2. The molecule has 0 aliphatic heterocycles. The van der Waals surface area contributed by atoms with E-state index in [2.05, 4.69) is 0 Å². The van der Waals surface area contributed by atoms with E-state index in [1.165, 1.54) is 6.07 Å². The largest absolute Gasteiger partial charge is 0.389 e. The second-order valence-electron chi connectivity index (χ2n) is 5.90. The second-order valence-corrected chi connectivity index (χ2v) is 5.90. The van der Waals surface area contributed by atoms with Gasteiger partial charge in [0.25, 0.3) is 0 Å². The monoisotopic (exact) mass is 348 g/mol. The van der Waals surface area contributed by atoms with E-state index in [9.17, 15) is 14.0 Å². The van der Waals surface area contributed by atoms with Crippen LogP contribution >= 0.6 is 0 Å². The van der Waals surface area contributed by atoms with Gasteiger partial charge in [-0.15, -0.1) is 0 Å². The summed E-state index contributed by atoms with van der Waals surface area (Å²) in [5.41, 5.74) is 1.95. The van der Waals surface area contributed by atoms with Gasteiger partial charge in [-0.1, -0.05) is 60.7 Å². The van der Waals surface area contributed by atoms with E-state index >= 15 is 0 Å². The molecule has 3 aromatic carbocycles. The van der Waals surface area contributed by atoms with Gasteiger partial charge in [0.05, 0.1) is 11.5 Å². The van der Waals surface area contributed by atoms with Gasteiger partial charge in [-0.2, -0.15) is 0 Å². The van der Waals surface area contributed by atoms with Crippen molar-refractivity contribution in [1.82, 2.24) is 0 Å². The summed E-state index contributed by atoms with van der Waals surface area (Å²) >= 11 is 0. The van der Waals surface area contributed by atoms with Crippen molar-refractivity contribution < 1.29 is 18.7 Å². The van der Waals surface area contributed by atoms with E-state index in [1.807, 2.05) is 30.3 Å². The fraction of sp³-hybridized carbons (Fsp3) is 0.0909. The Morgan fingerprint density at radius 2 is 1.50 bits per heavy atom. The van der Waals surface area contributed by atoms with E-state index in [0.29, 0.717) is 16.7 Å². The third kappa shape index (κ3) is 3.86. The van der Waals surface area contributed by atoms with Crippen LogP contribution < -0.4 is 0 Å². The molecule has 0 radical (unpaired) electrons. The van der Waals surface area contributed by atoms with Crippen LogP contribution in [0.1, 0.15) is 28.8 Å². The Bertz CT molecular complexity index is 921. The number of ether oxygens (including phenoxy) is 1. The van der Waals surface area contributed by atoms with Crippen LogP contribution in [0.5, 0.6) is 0 Å². The van der Waals surface area contributed by atoms with Gasteiger partial charge in [0.2, 0.25) is 0 Å². The third-order valence-electron chi connectivity index (χ3n) is 4.13. The first kappa shape index (κ1) is 17.5. The van der Waals surface area contributed by atoms with Crippen LogP contribution in [-0.2, 0) is 9.53 Å². The van der Waals surface area contributed by atoms with Crippen molar-refractivity contribution in [2.24, 2.45) is 0 Å². The summed E-state index contributed by atoms with van der Waals surface area (Å²) in [7, 11) is 0. The summed E-state index contributed by atoms with van der Waals surface area (Å²) in [6, 6.07) is 22.0. The summed E-state index contributed by atoms with van der Waals surface area (Å²) in [6.45, 7) is 1.58. The van der Waals surface area contributed by atoms with Crippen LogP contribution in [0.4, 0.5) is 4.39 Å². The molecular formula is C22H17FO3. The molecule has 0 heterocycles. The van der Waals surface area contributed by atoms with Crippen LogP contribution in [0, 0.1) is 5.82 Å². The molecule has 3 nitrogen and oxygen atoms in total. The third-order valence-corrected chi connectivity index (χ3v) is 4.13. The number of halogens is 1. The molecule has 26 heavy (non-hydrogen) atoms. The predicted octanol–water partition coefficient (Wildman–Crippen LogP) is 4.98. The average molecular weight is 348 g/mol. The lowest BCUT2D eigenvalue weighted by atomic mass is 9.97. The van der Waals surface area contributed by atoms with Crippen molar-refractivity contribution in [2.75, 3.05) is 0 Å². The highest BCUT2D eigenvalue weighted by Crippen LogP contribution is 2.26. The normalized spacial score (nSPS) is 11.6. The maximum atomic E-state index is 14.5. The highest BCUT2D eigenvalue weighted by Gasteiger charge is 2.22. The van der Waals surface area contributed by atoms with Crippen molar-refractivity contribution in [3.05, 3.63) is 95.8 Å². The van der Waals surface area contributed by atoms with Crippen LogP contribution in [0.2, 0.25) is 0 Å². The van der Waals surface area contributed by atoms with Crippen molar-refractivity contribution in [2.45, 2.75) is 12.8 Å². The molecule has 4 heteroatoms. The lowest BCUT2D eigenvalue weighted by Gasteiger charge is -2.12. The molecule has 3 rings (SSSR count). The Kier molecular flexibility index (Phi) is 5.23. The van der Waals surface area contributed by atoms with Crippen LogP contribution in [0.3, 0.4) is 0 Å². The zero-order valence-electron chi connectivity index (χ0n) is 14.2. The average Bonchev–Trinajstić information content (AvgIpc) is 2.68. The first-order valence-corrected chi connectivity index (χ1v) is 8.22. The van der Waals surface area contributed by atoms with Gasteiger partial charge in [0.15, 0.2) is 0 Å². The molecule has 0 aromatic heterocycles. The van der Waals surface area contributed by atoms with Gasteiger partial charge >= 0.3 is 11.9 Å². The van der Waals surface area contributed by atoms with Crippen LogP contribution in [0.15, 0.2) is 78.9 Å². The number of rotatable bonds is 4. The van der Waals surface area contributed by atoms with E-state index in [0.717, 1.165) is 5.56 Å². The van der Waals surface area contributed by atoms with Gasteiger partial charge in [-0.25, -0.2) is 9.18 Å². The highest BCUT2D eigenvalue weighted by molar-refractivity contribution is 5.98. The Balaban J connectivity index is 1.75. The number of benzene rings is 3. The van der Waals surface area contributed by atoms with E-state index in [4.69, 9.17) is 4.74 Å². The molecule has 0 unspecified atom stereocenters. The second kappa shape index (κ2) is 7.74. The van der Waals surface area contributed by atoms with Gasteiger partial charge in [0.1, 0.15) is 5.82 Å². The predicted molar refractivity (Wildman–Crippen MR) is 97.1 cm³/mol. The molecule has 3 aromatic rings. The first-order valence-electron chi connectivity index (χ1n) is 8.22. The van der Waals surface area contributed by atoms with Crippen molar-refractivity contribution in [1.29, 1.82) is 0 Å². The maximum absolute atomic E-state index is 14.5. The Morgan fingerprint density at radius 3 is 2.12 bits per heavy atom. The van der Waals surface area contributed by atoms with Gasteiger partial charge < -0.3 is 4.74 Å².